The van der Waals surface area contributed by atoms with Gasteiger partial charge in [0.2, 0.25) is 11.9 Å². The molecule has 15 heteroatoms. The second-order valence-electron chi connectivity index (χ2n) is 15.9. The summed E-state index contributed by atoms with van der Waals surface area (Å²) < 4.78 is 11.9. The standard InChI is InChI=1S/C50H34N8O7/c1-64-32-15-10-28(11-16-32)50(44-42(62)24-31(60)25-43(44)63)46-54-38-9-5-3-7-35(38)40-22-29(52-48(56-50)58(40)46)26-65-33-17-12-27(13-18-33)49(36-19-14-30(59)23-41(36)61)45-53-37-8-4-2-6-34(37)39-20-21-51-47(55-49)57(39)45/h2-25,59-63H,26H2,1H3. The van der Waals surface area contributed by atoms with Gasteiger partial charge in [-0.05, 0) is 71.8 Å². The second-order valence-corrected chi connectivity index (χ2v) is 15.9. The van der Waals surface area contributed by atoms with Crippen molar-refractivity contribution in [1.29, 1.82) is 0 Å². The van der Waals surface area contributed by atoms with Gasteiger partial charge < -0.3 is 35.0 Å². The van der Waals surface area contributed by atoms with Crippen LogP contribution in [0.2, 0.25) is 0 Å². The maximum absolute atomic E-state index is 11.5. The van der Waals surface area contributed by atoms with Crippen LogP contribution in [0, 0.1) is 0 Å². The lowest BCUT2D eigenvalue weighted by Gasteiger charge is -2.36. The Morgan fingerprint density at radius 1 is 0.569 bits per heavy atom. The Bertz CT molecular complexity index is 3310. The lowest BCUT2D eigenvalue weighted by atomic mass is 9.80. The molecule has 6 aromatic rings. The Labute approximate surface area is 370 Å². The van der Waals surface area contributed by atoms with Crippen LogP contribution in [0.5, 0.6) is 40.2 Å². The van der Waals surface area contributed by atoms with Crippen LogP contribution in [-0.4, -0.2) is 84.6 Å². The van der Waals surface area contributed by atoms with Gasteiger partial charge in [0.15, 0.2) is 22.7 Å². The van der Waals surface area contributed by atoms with E-state index < -0.39 is 22.6 Å². The average Bonchev–Trinajstić information content (AvgIpc) is 3.82. The zero-order chi connectivity index (χ0) is 44.2. The Morgan fingerprint density at radius 2 is 1.15 bits per heavy atom. The van der Waals surface area contributed by atoms with E-state index in [4.69, 9.17) is 34.4 Å². The summed E-state index contributed by atoms with van der Waals surface area (Å²) in [5.41, 5.74) is 3.80. The lowest BCUT2D eigenvalue weighted by molar-refractivity contribution is 0.377. The molecule has 0 amide bonds. The van der Waals surface area contributed by atoms with Gasteiger partial charge in [0.05, 0.1) is 41.2 Å². The molecule has 6 aliphatic heterocycles. The summed E-state index contributed by atoms with van der Waals surface area (Å²) in [5, 5.41) is 55.1. The van der Waals surface area contributed by atoms with E-state index in [1.54, 1.807) is 43.7 Å². The van der Waals surface area contributed by atoms with Crippen molar-refractivity contribution in [2.45, 2.75) is 11.1 Å². The van der Waals surface area contributed by atoms with Crippen molar-refractivity contribution in [1.82, 2.24) is 9.80 Å². The maximum atomic E-state index is 11.5. The number of aliphatic imine (C=N–C) groups is 6. The van der Waals surface area contributed by atoms with Crippen LogP contribution in [0.3, 0.4) is 0 Å². The van der Waals surface area contributed by atoms with Gasteiger partial charge in [0.25, 0.3) is 0 Å². The molecule has 0 fully saturated rings. The molecule has 65 heavy (non-hydrogen) atoms. The van der Waals surface area contributed by atoms with Crippen molar-refractivity contribution in [3.05, 3.63) is 173 Å². The van der Waals surface area contributed by atoms with Gasteiger partial charge >= 0.3 is 0 Å². The predicted molar refractivity (Wildman–Crippen MR) is 245 cm³/mol. The molecule has 316 valence electrons. The van der Waals surface area contributed by atoms with Crippen molar-refractivity contribution >= 4 is 58.3 Å². The quantitative estimate of drug-likeness (QED) is 0.101. The summed E-state index contributed by atoms with van der Waals surface area (Å²) in [4.78, 5) is 33.9. The van der Waals surface area contributed by atoms with Gasteiger partial charge in [-0.15, -0.1) is 0 Å². The number of rotatable bonds is 8. The molecular formula is C50H34N8O7. The number of guanidine groups is 2. The summed E-state index contributed by atoms with van der Waals surface area (Å²) in [6.45, 7) is 0.0158. The van der Waals surface area contributed by atoms with E-state index in [1.807, 2.05) is 94.7 Å². The molecule has 0 aromatic heterocycles. The van der Waals surface area contributed by atoms with Gasteiger partial charge in [0.1, 0.15) is 46.9 Å². The first-order chi connectivity index (χ1) is 31.7. The highest BCUT2D eigenvalue weighted by molar-refractivity contribution is 6.27. The third-order valence-corrected chi connectivity index (χ3v) is 12.3. The van der Waals surface area contributed by atoms with Crippen molar-refractivity contribution in [2.75, 3.05) is 13.7 Å². The first-order valence-electron chi connectivity index (χ1n) is 20.5. The molecular weight excluding hydrogens is 825 g/mol. The molecule has 0 spiro atoms. The summed E-state index contributed by atoms with van der Waals surface area (Å²) in [6, 6.07) is 36.6. The molecule has 0 bridgehead atoms. The number of hydrogen-bond donors (Lipinski definition) is 5. The highest BCUT2D eigenvalue weighted by atomic mass is 16.5. The number of allylic oxidation sites excluding steroid dienone is 1. The fourth-order valence-electron chi connectivity index (χ4n) is 9.41. The molecule has 6 aromatic carbocycles. The molecule has 5 N–H and O–H groups in total. The number of nitrogens with zero attached hydrogens (tertiary/aromatic N) is 8. The Hall–Kier alpha value is -8.98. The number of phenols is 5. The van der Waals surface area contributed by atoms with Crippen LogP contribution in [-0.2, 0) is 11.1 Å². The van der Waals surface area contributed by atoms with Crippen molar-refractivity contribution in [2.24, 2.45) is 30.0 Å². The lowest BCUT2D eigenvalue weighted by Crippen LogP contribution is -2.43. The third kappa shape index (κ3) is 5.41. The second kappa shape index (κ2) is 13.8. The normalized spacial score (nSPS) is 20.5. The number of hydrogen-bond acceptors (Lipinski definition) is 15. The summed E-state index contributed by atoms with van der Waals surface area (Å²) in [6.07, 6.45) is 5.52. The van der Waals surface area contributed by atoms with Crippen molar-refractivity contribution < 1.29 is 35.0 Å². The van der Waals surface area contributed by atoms with Crippen LogP contribution in [0.1, 0.15) is 33.4 Å². The number of aromatic hydroxyl groups is 5. The largest absolute Gasteiger partial charge is 0.508 e. The number of ether oxygens (including phenoxy) is 2. The smallest absolute Gasteiger partial charge is 0.233 e. The molecule has 2 unspecified atom stereocenters. The van der Waals surface area contributed by atoms with E-state index in [0.717, 1.165) is 34.6 Å². The van der Waals surface area contributed by atoms with E-state index in [-0.39, 0.29) is 35.4 Å². The topological polar surface area (TPSA) is 200 Å². The van der Waals surface area contributed by atoms with E-state index in [2.05, 4.69) is 4.99 Å². The van der Waals surface area contributed by atoms with Crippen LogP contribution >= 0.6 is 0 Å². The van der Waals surface area contributed by atoms with Crippen molar-refractivity contribution in [3.63, 3.8) is 0 Å². The first kappa shape index (κ1) is 37.8. The number of phenolic OH excluding ortho intramolecular Hbond substituents is 5. The Kier molecular flexibility index (Phi) is 7.99. The molecule has 6 heterocycles. The molecule has 15 nitrogen and oxygen atoms in total. The molecule has 12 rings (SSSR count). The summed E-state index contributed by atoms with van der Waals surface area (Å²) in [7, 11) is 1.56. The van der Waals surface area contributed by atoms with Crippen molar-refractivity contribution in [3.8, 4) is 40.2 Å². The average molecular weight is 859 g/mol. The predicted octanol–water partition coefficient (Wildman–Crippen LogP) is 7.84. The third-order valence-electron chi connectivity index (χ3n) is 12.3. The van der Waals surface area contributed by atoms with Gasteiger partial charge in [-0.3, -0.25) is 9.80 Å². The van der Waals surface area contributed by atoms with Gasteiger partial charge in [0, 0.05) is 41.1 Å². The SMILES string of the molecule is COc1ccc(C2(c3c(O)cc(O)cc3O)N=C3N=C(COc4ccc(C5(c6ccc(O)cc6O)N=C6N=CC=C7c8ccccc8N=C5N76)cc4)C=C4c5ccccc5N=C2N43)cc1. The van der Waals surface area contributed by atoms with Gasteiger partial charge in [-0.25, -0.2) is 30.0 Å². The molecule has 0 saturated carbocycles. The maximum Gasteiger partial charge on any atom is 0.233 e. The number of benzene rings is 6. The minimum absolute atomic E-state index is 0.0113. The minimum Gasteiger partial charge on any atom is -0.508 e. The molecule has 0 aliphatic carbocycles. The highest BCUT2D eigenvalue weighted by Crippen LogP contribution is 2.55. The summed E-state index contributed by atoms with van der Waals surface area (Å²) in [5.74, 6) is 1.24. The van der Waals surface area contributed by atoms with Crippen LogP contribution in [0.15, 0.2) is 170 Å². The minimum atomic E-state index is -1.63. The number of amidine groups is 2. The van der Waals surface area contributed by atoms with Gasteiger partial charge in [-0.2, -0.15) is 0 Å². The fourth-order valence-corrected chi connectivity index (χ4v) is 9.41. The highest BCUT2D eigenvalue weighted by Gasteiger charge is 2.56. The Morgan fingerprint density at radius 3 is 1.83 bits per heavy atom. The number of fused-ring (bicyclic) bond motifs is 4. The van der Waals surface area contributed by atoms with E-state index in [9.17, 15) is 25.5 Å². The van der Waals surface area contributed by atoms with Gasteiger partial charge in [-0.1, -0.05) is 60.7 Å². The van der Waals surface area contributed by atoms with E-state index in [1.165, 1.54) is 12.1 Å². The number of methoxy groups -OCH3 is 1. The van der Waals surface area contributed by atoms with E-state index in [0.29, 0.717) is 62.9 Å². The zero-order valence-electron chi connectivity index (χ0n) is 34.2. The summed E-state index contributed by atoms with van der Waals surface area (Å²) >= 11 is 0. The number of para-hydroxylation sites is 2. The Balaban J connectivity index is 0.946. The fraction of sp³-hybridized carbons (Fsp3) is 0.0800. The molecule has 2 atom stereocenters. The van der Waals surface area contributed by atoms with Crippen LogP contribution in [0.4, 0.5) is 11.4 Å². The zero-order valence-corrected chi connectivity index (χ0v) is 34.2. The first-order valence-corrected chi connectivity index (χ1v) is 20.5. The van der Waals surface area contributed by atoms with E-state index >= 15 is 0 Å². The molecule has 0 radical (unpaired) electrons. The molecule has 0 saturated heterocycles. The van der Waals surface area contributed by atoms with Crippen LogP contribution in [0.25, 0.3) is 11.4 Å². The molecule has 6 aliphatic rings. The monoisotopic (exact) mass is 858 g/mol. The van der Waals surface area contributed by atoms with Crippen LogP contribution < -0.4 is 9.47 Å².